The molecule has 5 nitrogen and oxygen atoms in total. The second kappa shape index (κ2) is 5.19. The highest BCUT2D eigenvalue weighted by atomic mass is 16.4. The minimum atomic E-state index is -0.836. The monoisotopic (exact) mass is 211 g/mol. The van der Waals surface area contributed by atoms with Crippen LogP contribution in [0.2, 0.25) is 0 Å². The molecule has 82 valence electrons. The Morgan fingerprint density at radius 2 is 1.40 bits per heavy atom. The average molecular weight is 211 g/mol. The summed E-state index contributed by atoms with van der Waals surface area (Å²) in [6, 6.07) is 3.58. The number of hydrogen-bond donors (Lipinski definition) is 3. The summed E-state index contributed by atoms with van der Waals surface area (Å²) in [5.41, 5.74) is 1.66. The quantitative estimate of drug-likeness (QED) is 0.656. The summed E-state index contributed by atoms with van der Waals surface area (Å²) in [7, 11) is 0. The Balaban J connectivity index is 2.41. The summed E-state index contributed by atoms with van der Waals surface area (Å²) in [6.45, 7) is 0. The van der Waals surface area contributed by atoms with Crippen molar-refractivity contribution in [3.8, 4) is 0 Å². The minimum Gasteiger partial charge on any atom is -0.481 e. The van der Waals surface area contributed by atoms with Gasteiger partial charge in [0.15, 0.2) is 0 Å². The minimum absolute atomic E-state index is 0.0822. The molecule has 0 unspecified atom stereocenters. The predicted octanol–water partition coefficient (Wildman–Crippen LogP) is 1.05. The molecule has 0 aromatic carbocycles. The van der Waals surface area contributed by atoms with Crippen molar-refractivity contribution in [2.45, 2.75) is 25.7 Å². The van der Waals surface area contributed by atoms with Crippen LogP contribution in [0, 0.1) is 0 Å². The lowest BCUT2D eigenvalue weighted by Crippen LogP contribution is -1.99. The lowest BCUT2D eigenvalue weighted by atomic mass is 10.2. The Morgan fingerprint density at radius 3 is 1.73 bits per heavy atom. The third-order valence-corrected chi connectivity index (χ3v) is 2.02. The molecule has 0 radical (unpaired) electrons. The number of rotatable bonds is 6. The molecule has 1 aromatic heterocycles. The molecule has 15 heavy (non-hydrogen) atoms. The molecule has 0 atom stereocenters. The average Bonchev–Trinajstić information content (AvgIpc) is 2.59. The van der Waals surface area contributed by atoms with E-state index in [1.807, 2.05) is 0 Å². The van der Waals surface area contributed by atoms with E-state index in [2.05, 4.69) is 4.98 Å². The topological polar surface area (TPSA) is 90.4 Å². The molecule has 1 aromatic rings. The number of aromatic nitrogens is 1. The third-order valence-electron chi connectivity index (χ3n) is 2.02. The molecule has 0 saturated carbocycles. The van der Waals surface area contributed by atoms with Gasteiger partial charge >= 0.3 is 11.9 Å². The van der Waals surface area contributed by atoms with E-state index in [1.54, 1.807) is 12.1 Å². The molecule has 0 aliphatic carbocycles. The molecule has 0 saturated heterocycles. The van der Waals surface area contributed by atoms with Gasteiger partial charge in [-0.2, -0.15) is 0 Å². The lowest BCUT2D eigenvalue weighted by Gasteiger charge is -1.95. The number of aromatic amines is 1. The second-order valence-electron chi connectivity index (χ2n) is 3.30. The van der Waals surface area contributed by atoms with Crippen molar-refractivity contribution in [2.75, 3.05) is 0 Å². The van der Waals surface area contributed by atoms with E-state index in [1.165, 1.54) is 0 Å². The van der Waals surface area contributed by atoms with E-state index in [0.717, 1.165) is 11.4 Å². The van der Waals surface area contributed by atoms with Crippen LogP contribution in [-0.2, 0) is 22.4 Å². The zero-order chi connectivity index (χ0) is 11.3. The van der Waals surface area contributed by atoms with Crippen LogP contribution in [0.3, 0.4) is 0 Å². The summed E-state index contributed by atoms with van der Waals surface area (Å²) in [5, 5.41) is 16.9. The molecule has 0 aliphatic rings. The van der Waals surface area contributed by atoms with Crippen LogP contribution in [0.5, 0.6) is 0 Å². The fraction of sp³-hybridized carbons (Fsp3) is 0.400. The number of nitrogens with one attached hydrogen (secondary N) is 1. The highest BCUT2D eigenvalue weighted by Crippen LogP contribution is 2.06. The summed E-state index contributed by atoms with van der Waals surface area (Å²) in [5.74, 6) is -1.67. The van der Waals surface area contributed by atoms with E-state index in [9.17, 15) is 9.59 Å². The number of carbonyl (C=O) groups is 2. The largest absolute Gasteiger partial charge is 0.481 e. The molecule has 0 aliphatic heterocycles. The van der Waals surface area contributed by atoms with Gasteiger partial charge < -0.3 is 15.2 Å². The fourth-order valence-electron chi connectivity index (χ4n) is 1.27. The van der Waals surface area contributed by atoms with Crippen molar-refractivity contribution in [1.29, 1.82) is 0 Å². The first kappa shape index (κ1) is 11.3. The molecule has 3 N–H and O–H groups in total. The van der Waals surface area contributed by atoms with Crippen LogP contribution in [0.15, 0.2) is 12.1 Å². The van der Waals surface area contributed by atoms with E-state index in [-0.39, 0.29) is 12.8 Å². The first-order valence-corrected chi connectivity index (χ1v) is 4.68. The maximum atomic E-state index is 10.3. The van der Waals surface area contributed by atoms with Gasteiger partial charge in [0.2, 0.25) is 0 Å². The summed E-state index contributed by atoms with van der Waals surface area (Å²) >= 11 is 0. The molecule has 1 rings (SSSR count). The third kappa shape index (κ3) is 4.30. The zero-order valence-corrected chi connectivity index (χ0v) is 8.19. The highest BCUT2D eigenvalue weighted by Gasteiger charge is 2.03. The molecule has 0 spiro atoms. The number of carboxylic acids is 2. The number of aliphatic carboxylic acids is 2. The highest BCUT2D eigenvalue weighted by molar-refractivity contribution is 5.67. The van der Waals surface area contributed by atoms with Crippen molar-refractivity contribution >= 4 is 11.9 Å². The maximum Gasteiger partial charge on any atom is 0.303 e. The molecular formula is C10H13NO4. The molecule has 5 heteroatoms. The van der Waals surface area contributed by atoms with Gasteiger partial charge in [-0.05, 0) is 25.0 Å². The number of hydrogen-bond acceptors (Lipinski definition) is 2. The van der Waals surface area contributed by atoms with Gasteiger partial charge in [0.05, 0.1) is 12.8 Å². The van der Waals surface area contributed by atoms with Crippen LogP contribution >= 0.6 is 0 Å². The Kier molecular flexibility index (Phi) is 3.91. The number of aryl methyl sites for hydroxylation is 2. The fourth-order valence-corrected chi connectivity index (χ4v) is 1.27. The molecule has 1 heterocycles. The van der Waals surface area contributed by atoms with Crippen molar-refractivity contribution in [3.05, 3.63) is 23.5 Å². The van der Waals surface area contributed by atoms with Gasteiger partial charge in [0, 0.05) is 11.4 Å². The van der Waals surface area contributed by atoms with Crippen LogP contribution in [0.25, 0.3) is 0 Å². The number of H-pyrrole nitrogens is 1. The Bertz CT molecular complexity index is 324. The molecular weight excluding hydrogens is 198 g/mol. The summed E-state index contributed by atoms with van der Waals surface area (Å²) in [4.78, 5) is 23.6. The van der Waals surface area contributed by atoms with Crippen molar-refractivity contribution in [1.82, 2.24) is 4.98 Å². The Morgan fingerprint density at radius 1 is 1.00 bits per heavy atom. The summed E-state index contributed by atoms with van der Waals surface area (Å²) in [6.07, 6.45) is 1.06. The Labute approximate surface area is 86.7 Å². The van der Waals surface area contributed by atoms with Crippen LogP contribution in [0.1, 0.15) is 24.2 Å². The molecule has 0 bridgehead atoms. The van der Waals surface area contributed by atoms with E-state index in [0.29, 0.717) is 12.8 Å². The second-order valence-corrected chi connectivity index (χ2v) is 3.30. The lowest BCUT2D eigenvalue weighted by molar-refractivity contribution is -0.137. The first-order chi connectivity index (χ1) is 7.08. The van der Waals surface area contributed by atoms with Gasteiger partial charge in [-0.15, -0.1) is 0 Å². The van der Waals surface area contributed by atoms with Gasteiger partial charge in [0.25, 0.3) is 0 Å². The van der Waals surface area contributed by atoms with Gasteiger partial charge in [-0.25, -0.2) is 0 Å². The zero-order valence-electron chi connectivity index (χ0n) is 8.19. The maximum absolute atomic E-state index is 10.3. The van der Waals surface area contributed by atoms with Gasteiger partial charge in [-0.1, -0.05) is 0 Å². The SMILES string of the molecule is O=C(O)CCc1ccc(CCC(=O)O)[nH]1. The standard InChI is InChI=1S/C10H13NO4/c12-9(13)5-3-7-1-2-8(11-7)4-6-10(14)15/h1-2,11H,3-6H2,(H,12,13)(H,14,15). The first-order valence-electron chi connectivity index (χ1n) is 4.68. The van der Waals surface area contributed by atoms with E-state index in [4.69, 9.17) is 10.2 Å². The van der Waals surface area contributed by atoms with Crippen LogP contribution in [-0.4, -0.2) is 27.1 Å². The van der Waals surface area contributed by atoms with Gasteiger partial charge in [-0.3, -0.25) is 9.59 Å². The summed E-state index contributed by atoms with van der Waals surface area (Å²) < 4.78 is 0. The molecule has 0 amide bonds. The van der Waals surface area contributed by atoms with Crippen molar-refractivity contribution in [3.63, 3.8) is 0 Å². The van der Waals surface area contributed by atoms with Crippen LogP contribution < -0.4 is 0 Å². The van der Waals surface area contributed by atoms with E-state index >= 15 is 0 Å². The van der Waals surface area contributed by atoms with Gasteiger partial charge in [0.1, 0.15) is 0 Å². The van der Waals surface area contributed by atoms with Crippen molar-refractivity contribution < 1.29 is 19.8 Å². The van der Waals surface area contributed by atoms with E-state index < -0.39 is 11.9 Å². The molecule has 0 fully saturated rings. The normalized spacial score (nSPS) is 10.1. The smallest absolute Gasteiger partial charge is 0.303 e. The van der Waals surface area contributed by atoms with Crippen LogP contribution in [0.4, 0.5) is 0 Å². The predicted molar refractivity (Wildman–Crippen MR) is 52.7 cm³/mol. The van der Waals surface area contributed by atoms with Crippen molar-refractivity contribution in [2.24, 2.45) is 0 Å². The number of carboxylic acid groups (broad SMARTS) is 2. The Hall–Kier alpha value is -1.78.